The van der Waals surface area contributed by atoms with Crippen LogP contribution in [0.3, 0.4) is 0 Å². The minimum absolute atomic E-state index is 0.472. The van der Waals surface area contributed by atoms with Crippen LogP contribution in [0.25, 0.3) is 0 Å². The highest BCUT2D eigenvalue weighted by Gasteiger charge is 2.24. The Kier molecular flexibility index (Phi) is 3.94. The number of nitrogens with two attached hydrogens (primary N) is 1. The average Bonchev–Trinajstić information content (AvgIpc) is 2.15. The summed E-state index contributed by atoms with van der Waals surface area (Å²) in [5.41, 5.74) is 5.82. The summed E-state index contributed by atoms with van der Waals surface area (Å²) >= 11 is 5.95. The van der Waals surface area contributed by atoms with Gasteiger partial charge in [0.25, 0.3) is 0 Å². The Morgan fingerprint density at radius 1 is 1.38 bits per heavy atom. The summed E-state index contributed by atoms with van der Waals surface area (Å²) in [6.07, 6.45) is 0. The van der Waals surface area contributed by atoms with Gasteiger partial charge in [-0.15, -0.1) is 0 Å². The molecule has 4 heteroatoms. The number of rotatable bonds is 2. The molecule has 0 amide bonds. The van der Waals surface area contributed by atoms with Crippen molar-refractivity contribution in [3.05, 3.63) is 34.9 Å². The van der Waals surface area contributed by atoms with Gasteiger partial charge >= 0.3 is 5.97 Å². The summed E-state index contributed by atoms with van der Waals surface area (Å²) in [6.45, 7) is 5.39. The first-order valence-corrected chi connectivity index (χ1v) is 5.42. The highest BCUT2D eigenvalue weighted by molar-refractivity contribution is 6.31. The number of carbonyl (C=O) groups excluding carboxylic acids is 1. The van der Waals surface area contributed by atoms with Gasteiger partial charge in [0.2, 0.25) is 0 Å². The van der Waals surface area contributed by atoms with Crippen LogP contribution in [-0.4, -0.2) is 11.6 Å². The van der Waals surface area contributed by atoms with E-state index < -0.39 is 17.6 Å². The van der Waals surface area contributed by atoms with Crippen molar-refractivity contribution >= 4 is 17.6 Å². The molecular weight excluding hydrogens is 226 g/mol. The molecule has 0 aliphatic heterocycles. The summed E-state index contributed by atoms with van der Waals surface area (Å²) in [5.74, 6) is -0.472. The zero-order valence-corrected chi connectivity index (χ0v) is 10.4. The molecule has 0 saturated heterocycles. The van der Waals surface area contributed by atoms with Crippen molar-refractivity contribution in [1.29, 1.82) is 0 Å². The second-order valence-electron chi connectivity index (χ2n) is 4.53. The maximum Gasteiger partial charge on any atom is 0.328 e. The zero-order chi connectivity index (χ0) is 12.3. The van der Waals surface area contributed by atoms with E-state index in [1.807, 2.05) is 0 Å². The molecule has 0 radical (unpaired) electrons. The van der Waals surface area contributed by atoms with Crippen molar-refractivity contribution in [2.45, 2.75) is 32.4 Å². The van der Waals surface area contributed by atoms with Crippen LogP contribution in [0.5, 0.6) is 0 Å². The monoisotopic (exact) mass is 241 g/mol. The predicted molar refractivity (Wildman–Crippen MR) is 64.2 cm³/mol. The summed E-state index contributed by atoms with van der Waals surface area (Å²) in [7, 11) is 0. The molecular formula is C12H16ClNO2. The fraction of sp³-hybridized carbons (Fsp3) is 0.417. The summed E-state index contributed by atoms with van der Waals surface area (Å²) in [4.78, 5) is 11.7. The maximum absolute atomic E-state index is 11.7. The molecule has 1 aromatic rings. The van der Waals surface area contributed by atoms with Crippen molar-refractivity contribution < 1.29 is 9.53 Å². The van der Waals surface area contributed by atoms with Gasteiger partial charge in [-0.2, -0.15) is 0 Å². The van der Waals surface area contributed by atoms with Gasteiger partial charge in [0, 0.05) is 5.02 Å². The molecule has 0 aliphatic carbocycles. The molecule has 0 saturated carbocycles. The van der Waals surface area contributed by atoms with Gasteiger partial charge in [-0.05, 0) is 32.4 Å². The van der Waals surface area contributed by atoms with Crippen LogP contribution in [0, 0.1) is 0 Å². The topological polar surface area (TPSA) is 52.3 Å². The van der Waals surface area contributed by atoms with E-state index in [0.29, 0.717) is 10.6 Å². The molecule has 16 heavy (non-hydrogen) atoms. The van der Waals surface area contributed by atoms with E-state index in [1.54, 1.807) is 45.0 Å². The third kappa shape index (κ3) is 3.51. The van der Waals surface area contributed by atoms with Crippen LogP contribution in [0.2, 0.25) is 5.02 Å². The SMILES string of the molecule is CC(C)(C)OC(=O)[C@@H](N)c1ccccc1Cl. The molecule has 0 unspecified atom stereocenters. The quantitative estimate of drug-likeness (QED) is 0.810. The largest absolute Gasteiger partial charge is 0.459 e. The van der Waals surface area contributed by atoms with E-state index in [9.17, 15) is 4.79 Å². The number of ether oxygens (including phenoxy) is 1. The molecule has 0 bridgehead atoms. The molecule has 1 aromatic carbocycles. The molecule has 0 fully saturated rings. The van der Waals surface area contributed by atoms with E-state index >= 15 is 0 Å². The minimum Gasteiger partial charge on any atom is -0.459 e. The Morgan fingerprint density at radius 2 is 1.94 bits per heavy atom. The first-order chi connectivity index (χ1) is 7.31. The lowest BCUT2D eigenvalue weighted by Crippen LogP contribution is -2.31. The van der Waals surface area contributed by atoms with Crippen molar-refractivity contribution in [2.75, 3.05) is 0 Å². The number of benzene rings is 1. The van der Waals surface area contributed by atoms with E-state index in [4.69, 9.17) is 22.1 Å². The van der Waals surface area contributed by atoms with Gasteiger partial charge in [-0.25, -0.2) is 4.79 Å². The van der Waals surface area contributed by atoms with Crippen molar-refractivity contribution in [1.82, 2.24) is 0 Å². The van der Waals surface area contributed by atoms with Gasteiger partial charge in [-0.1, -0.05) is 29.8 Å². The highest BCUT2D eigenvalue weighted by Crippen LogP contribution is 2.23. The first kappa shape index (κ1) is 13.0. The number of hydrogen-bond donors (Lipinski definition) is 1. The number of carbonyl (C=O) groups is 1. The Labute approximate surface area is 101 Å². The van der Waals surface area contributed by atoms with Crippen LogP contribution >= 0.6 is 11.6 Å². The van der Waals surface area contributed by atoms with Crippen LogP contribution in [0.1, 0.15) is 32.4 Å². The van der Waals surface area contributed by atoms with E-state index in [-0.39, 0.29) is 0 Å². The van der Waals surface area contributed by atoms with Crippen LogP contribution in [-0.2, 0) is 9.53 Å². The first-order valence-electron chi connectivity index (χ1n) is 5.04. The summed E-state index contributed by atoms with van der Waals surface area (Å²) in [5, 5.41) is 0.473. The Hall–Kier alpha value is -1.06. The van der Waals surface area contributed by atoms with Gasteiger partial charge in [0.05, 0.1) is 0 Å². The van der Waals surface area contributed by atoms with Crippen LogP contribution < -0.4 is 5.73 Å². The van der Waals surface area contributed by atoms with E-state index in [2.05, 4.69) is 0 Å². The molecule has 0 heterocycles. The van der Waals surface area contributed by atoms with Crippen LogP contribution in [0.4, 0.5) is 0 Å². The second kappa shape index (κ2) is 4.85. The smallest absolute Gasteiger partial charge is 0.328 e. The van der Waals surface area contributed by atoms with Gasteiger partial charge in [-0.3, -0.25) is 0 Å². The van der Waals surface area contributed by atoms with E-state index in [0.717, 1.165) is 0 Å². The normalized spacial score (nSPS) is 13.3. The lowest BCUT2D eigenvalue weighted by molar-refractivity contribution is -0.156. The van der Waals surface area contributed by atoms with Crippen molar-refractivity contribution in [3.8, 4) is 0 Å². The predicted octanol–water partition coefficient (Wildman–Crippen LogP) is 2.68. The highest BCUT2D eigenvalue weighted by atomic mass is 35.5. The Morgan fingerprint density at radius 3 is 2.44 bits per heavy atom. The third-order valence-electron chi connectivity index (χ3n) is 1.90. The number of esters is 1. The molecule has 0 aliphatic rings. The lowest BCUT2D eigenvalue weighted by atomic mass is 10.1. The standard InChI is InChI=1S/C12H16ClNO2/c1-12(2,3)16-11(15)10(14)8-6-4-5-7-9(8)13/h4-7,10H,14H2,1-3H3/t10-/m0/s1. The fourth-order valence-electron chi connectivity index (χ4n) is 1.22. The molecule has 0 spiro atoms. The molecule has 88 valence electrons. The molecule has 3 nitrogen and oxygen atoms in total. The molecule has 1 rings (SSSR count). The zero-order valence-electron chi connectivity index (χ0n) is 9.66. The Bertz CT molecular complexity index is 385. The van der Waals surface area contributed by atoms with Crippen molar-refractivity contribution in [2.24, 2.45) is 5.73 Å². The summed E-state index contributed by atoms with van der Waals surface area (Å²) < 4.78 is 5.19. The molecule has 0 aromatic heterocycles. The summed E-state index contributed by atoms with van der Waals surface area (Å²) in [6, 6.07) is 6.14. The fourth-order valence-corrected chi connectivity index (χ4v) is 1.47. The van der Waals surface area contributed by atoms with Crippen molar-refractivity contribution in [3.63, 3.8) is 0 Å². The van der Waals surface area contributed by atoms with Crippen LogP contribution in [0.15, 0.2) is 24.3 Å². The van der Waals surface area contributed by atoms with Gasteiger partial charge in [0.15, 0.2) is 0 Å². The maximum atomic E-state index is 11.7. The third-order valence-corrected chi connectivity index (χ3v) is 2.25. The van der Waals surface area contributed by atoms with E-state index in [1.165, 1.54) is 0 Å². The number of halogens is 1. The second-order valence-corrected chi connectivity index (χ2v) is 4.94. The lowest BCUT2D eigenvalue weighted by Gasteiger charge is -2.22. The molecule has 1 atom stereocenters. The Balaban J connectivity index is 2.83. The number of hydrogen-bond acceptors (Lipinski definition) is 3. The average molecular weight is 242 g/mol. The molecule has 2 N–H and O–H groups in total. The van der Waals surface area contributed by atoms with Gasteiger partial charge < -0.3 is 10.5 Å². The minimum atomic E-state index is -0.840. The van der Waals surface area contributed by atoms with Gasteiger partial charge in [0.1, 0.15) is 11.6 Å².